The predicted octanol–water partition coefficient (Wildman–Crippen LogP) is 1.50. The van der Waals surface area contributed by atoms with Crippen molar-refractivity contribution in [3.05, 3.63) is 28.0 Å². The van der Waals surface area contributed by atoms with E-state index in [1.54, 1.807) is 6.92 Å². The second kappa shape index (κ2) is 5.30. The van der Waals surface area contributed by atoms with Gasteiger partial charge in [-0.25, -0.2) is 4.98 Å². The molecule has 0 aliphatic rings. The Morgan fingerprint density at radius 2 is 2.27 bits per heavy atom. The minimum atomic E-state index is -0.455. The molecule has 0 saturated carbocycles. The topological polar surface area (TPSA) is 62.2 Å². The van der Waals surface area contributed by atoms with Crippen LogP contribution in [0.5, 0.6) is 0 Å². The number of aliphatic hydroxyl groups excluding tert-OH is 1. The summed E-state index contributed by atoms with van der Waals surface area (Å²) in [7, 11) is 0. The number of aliphatic hydroxyl groups is 1. The quantitative estimate of drug-likeness (QED) is 0.798. The van der Waals surface area contributed by atoms with Gasteiger partial charge in [-0.2, -0.15) is 0 Å². The lowest BCUT2D eigenvalue weighted by Crippen LogP contribution is -2.35. The van der Waals surface area contributed by atoms with Crippen molar-refractivity contribution in [2.45, 2.75) is 13.0 Å². The Bertz CT molecular complexity index is 371. The van der Waals surface area contributed by atoms with Crippen LogP contribution in [0.15, 0.2) is 12.1 Å². The second-order valence-corrected chi connectivity index (χ2v) is 3.82. The number of aromatic nitrogens is 1. The van der Waals surface area contributed by atoms with Gasteiger partial charge in [-0.05, 0) is 19.1 Å². The van der Waals surface area contributed by atoms with Gasteiger partial charge in [-0.15, -0.1) is 0 Å². The lowest BCUT2D eigenvalue weighted by Gasteiger charge is -2.10. The average Bonchev–Trinajstić information content (AvgIpc) is 2.21. The van der Waals surface area contributed by atoms with Crippen LogP contribution in [0.2, 0.25) is 10.2 Å². The molecule has 0 aromatic carbocycles. The number of halogens is 2. The number of nitrogens with zero attached hydrogens (tertiary/aromatic N) is 1. The third kappa shape index (κ3) is 3.34. The highest BCUT2D eigenvalue weighted by atomic mass is 35.5. The maximum absolute atomic E-state index is 11.6. The fourth-order valence-electron chi connectivity index (χ4n) is 0.915. The van der Waals surface area contributed by atoms with Crippen LogP contribution in [0.25, 0.3) is 0 Å². The summed E-state index contributed by atoms with van der Waals surface area (Å²) < 4.78 is 0. The Kier molecular flexibility index (Phi) is 4.32. The number of pyridine rings is 1. The summed E-state index contributed by atoms with van der Waals surface area (Å²) in [4.78, 5) is 15.4. The predicted molar refractivity (Wildman–Crippen MR) is 58.3 cm³/mol. The van der Waals surface area contributed by atoms with Gasteiger partial charge in [0.05, 0.1) is 11.6 Å². The number of hydrogen-bond acceptors (Lipinski definition) is 3. The van der Waals surface area contributed by atoms with Gasteiger partial charge in [0.25, 0.3) is 5.91 Å². The van der Waals surface area contributed by atoms with Gasteiger partial charge in [0.15, 0.2) is 0 Å². The lowest BCUT2D eigenvalue weighted by molar-refractivity contribution is 0.0917. The van der Waals surface area contributed by atoms with E-state index in [0.717, 1.165) is 0 Å². The van der Waals surface area contributed by atoms with Crippen LogP contribution in [-0.2, 0) is 0 Å². The van der Waals surface area contributed by atoms with Crippen molar-refractivity contribution < 1.29 is 9.90 Å². The van der Waals surface area contributed by atoms with Crippen LogP contribution in [0, 0.1) is 0 Å². The molecule has 4 nitrogen and oxygen atoms in total. The van der Waals surface area contributed by atoms with Crippen LogP contribution in [-0.4, -0.2) is 28.6 Å². The van der Waals surface area contributed by atoms with E-state index < -0.39 is 5.91 Å². The highest BCUT2D eigenvalue weighted by Crippen LogP contribution is 2.16. The van der Waals surface area contributed by atoms with E-state index in [1.165, 1.54) is 12.1 Å². The molecule has 1 atom stereocenters. The largest absolute Gasteiger partial charge is 0.394 e. The SMILES string of the molecule is CC(CO)NC(=O)c1nc(Cl)ccc1Cl. The molecule has 1 rings (SSSR count). The Morgan fingerprint density at radius 3 is 2.87 bits per heavy atom. The van der Waals surface area contributed by atoms with E-state index in [1.807, 2.05) is 0 Å². The van der Waals surface area contributed by atoms with E-state index in [9.17, 15) is 4.79 Å². The van der Waals surface area contributed by atoms with Gasteiger partial charge in [0, 0.05) is 6.04 Å². The average molecular weight is 249 g/mol. The summed E-state index contributed by atoms with van der Waals surface area (Å²) >= 11 is 11.4. The van der Waals surface area contributed by atoms with Crippen molar-refractivity contribution in [2.24, 2.45) is 0 Å². The first-order valence-corrected chi connectivity index (χ1v) is 5.04. The van der Waals surface area contributed by atoms with Crippen molar-refractivity contribution in [3.63, 3.8) is 0 Å². The minimum absolute atomic E-state index is 0.0597. The molecule has 1 amide bonds. The maximum atomic E-state index is 11.6. The maximum Gasteiger partial charge on any atom is 0.271 e. The molecule has 15 heavy (non-hydrogen) atoms. The molecule has 0 bridgehead atoms. The third-order valence-electron chi connectivity index (χ3n) is 1.68. The Hall–Kier alpha value is -0.840. The van der Waals surface area contributed by atoms with Crippen molar-refractivity contribution in [1.29, 1.82) is 0 Å². The molecule has 1 aromatic heterocycles. The molecule has 82 valence electrons. The normalized spacial score (nSPS) is 12.3. The zero-order chi connectivity index (χ0) is 11.4. The van der Waals surface area contributed by atoms with Crippen molar-refractivity contribution in [3.8, 4) is 0 Å². The summed E-state index contributed by atoms with van der Waals surface area (Å²) in [6, 6.07) is 2.64. The Labute approximate surface area is 97.2 Å². The zero-order valence-corrected chi connectivity index (χ0v) is 9.51. The van der Waals surface area contributed by atoms with E-state index in [-0.39, 0.29) is 28.5 Å². The van der Waals surface area contributed by atoms with Crippen molar-refractivity contribution in [2.75, 3.05) is 6.61 Å². The number of carbonyl (C=O) groups is 1. The highest BCUT2D eigenvalue weighted by Gasteiger charge is 2.14. The van der Waals surface area contributed by atoms with E-state index in [0.29, 0.717) is 0 Å². The first kappa shape index (κ1) is 12.2. The molecule has 0 aliphatic heterocycles. The van der Waals surface area contributed by atoms with Crippen LogP contribution in [0.3, 0.4) is 0 Å². The minimum Gasteiger partial charge on any atom is -0.394 e. The smallest absolute Gasteiger partial charge is 0.271 e. The summed E-state index contributed by atoms with van der Waals surface area (Å²) in [6.45, 7) is 1.51. The fourth-order valence-corrected chi connectivity index (χ4v) is 1.25. The highest BCUT2D eigenvalue weighted by molar-refractivity contribution is 6.34. The van der Waals surface area contributed by atoms with Crippen LogP contribution >= 0.6 is 23.2 Å². The van der Waals surface area contributed by atoms with Crippen LogP contribution < -0.4 is 5.32 Å². The molecule has 0 radical (unpaired) electrons. The first-order valence-electron chi connectivity index (χ1n) is 4.28. The molecule has 1 unspecified atom stereocenters. The van der Waals surface area contributed by atoms with Gasteiger partial charge in [-0.1, -0.05) is 23.2 Å². The molecular weight excluding hydrogens is 239 g/mol. The van der Waals surface area contributed by atoms with Crippen molar-refractivity contribution >= 4 is 29.1 Å². The number of rotatable bonds is 3. The molecule has 0 fully saturated rings. The second-order valence-electron chi connectivity index (χ2n) is 3.02. The number of carbonyl (C=O) groups excluding carboxylic acids is 1. The zero-order valence-electron chi connectivity index (χ0n) is 8.00. The number of hydrogen-bond donors (Lipinski definition) is 2. The molecule has 0 spiro atoms. The van der Waals surface area contributed by atoms with E-state index in [2.05, 4.69) is 10.3 Å². The van der Waals surface area contributed by atoms with Gasteiger partial charge in [0.2, 0.25) is 0 Å². The summed E-state index contributed by atoms with van der Waals surface area (Å²) in [5.41, 5.74) is 0.0597. The molecule has 6 heteroatoms. The van der Waals surface area contributed by atoms with Gasteiger partial charge in [-0.3, -0.25) is 4.79 Å². The third-order valence-corrected chi connectivity index (χ3v) is 2.19. The van der Waals surface area contributed by atoms with Crippen LogP contribution in [0.4, 0.5) is 0 Å². The number of nitrogens with one attached hydrogen (secondary N) is 1. The first-order chi connectivity index (χ1) is 7.04. The molecule has 1 heterocycles. The summed E-state index contributed by atoms with van der Waals surface area (Å²) in [6.07, 6.45) is 0. The molecule has 1 aromatic rings. The molecular formula is C9H10Cl2N2O2. The lowest BCUT2D eigenvalue weighted by atomic mass is 10.3. The van der Waals surface area contributed by atoms with E-state index >= 15 is 0 Å². The summed E-state index contributed by atoms with van der Waals surface area (Å²) in [5, 5.41) is 11.7. The standard InChI is InChI=1S/C9H10Cl2N2O2/c1-5(4-14)12-9(15)8-6(10)2-3-7(11)13-8/h2-3,5,14H,4H2,1H3,(H,12,15). The fraction of sp³-hybridized carbons (Fsp3) is 0.333. The number of amides is 1. The van der Waals surface area contributed by atoms with Crippen molar-refractivity contribution in [1.82, 2.24) is 10.3 Å². The molecule has 2 N–H and O–H groups in total. The van der Waals surface area contributed by atoms with Gasteiger partial charge >= 0.3 is 0 Å². The monoisotopic (exact) mass is 248 g/mol. The van der Waals surface area contributed by atoms with Gasteiger partial charge < -0.3 is 10.4 Å². The Balaban J connectivity index is 2.86. The van der Waals surface area contributed by atoms with Gasteiger partial charge in [0.1, 0.15) is 10.8 Å². The van der Waals surface area contributed by atoms with Crippen LogP contribution in [0.1, 0.15) is 17.4 Å². The van der Waals surface area contributed by atoms with E-state index in [4.69, 9.17) is 28.3 Å². The Morgan fingerprint density at radius 1 is 1.60 bits per heavy atom. The summed E-state index contributed by atoms with van der Waals surface area (Å²) in [5.74, 6) is -0.455. The molecule has 0 aliphatic carbocycles. The molecule has 0 saturated heterocycles.